The van der Waals surface area contributed by atoms with E-state index in [-0.39, 0.29) is 12.7 Å². The van der Waals surface area contributed by atoms with E-state index in [2.05, 4.69) is 5.32 Å². The number of hydrogen-bond donors (Lipinski definition) is 2. The molecule has 0 spiro atoms. The van der Waals surface area contributed by atoms with Crippen molar-refractivity contribution in [3.63, 3.8) is 0 Å². The number of rotatable bonds is 7. The highest BCUT2D eigenvalue weighted by Gasteiger charge is 2.28. The molecule has 0 saturated heterocycles. The maximum Gasteiger partial charge on any atom is 0.323 e. The van der Waals surface area contributed by atoms with E-state index in [1.807, 2.05) is 13.8 Å². The summed E-state index contributed by atoms with van der Waals surface area (Å²) in [6.45, 7) is 4.24. The molecule has 0 heterocycles. The van der Waals surface area contributed by atoms with Gasteiger partial charge in [-0.05, 0) is 26.2 Å². The van der Waals surface area contributed by atoms with Gasteiger partial charge < -0.3 is 9.84 Å². The van der Waals surface area contributed by atoms with Crippen LogP contribution in [0.25, 0.3) is 0 Å². The number of carboxylic acids is 1. The van der Waals surface area contributed by atoms with Gasteiger partial charge in [0.05, 0.1) is 12.7 Å². The molecule has 1 aliphatic rings. The second-order valence-electron chi connectivity index (χ2n) is 3.88. The van der Waals surface area contributed by atoms with Crippen LogP contribution in [0.1, 0.15) is 33.1 Å². The summed E-state index contributed by atoms with van der Waals surface area (Å²) in [5, 5.41) is 11.9. The fourth-order valence-electron chi connectivity index (χ4n) is 1.10. The third-order valence-corrected chi connectivity index (χ3v) is 2.43. The van der Waals surface area contributed by atoms with Gasteiger partial charge in [0, 0.05) is 6.04 Å². The van der Waals surface area contributed by atoms with Gasteiger partial charge in [-0.15, -0.1) is 0 Å². The van der Waals surface area contributed by atoms with Crippen molar-refractivity contribution < 1.29 is 14.6 Å². The Morgan fingerprint density at radius 1 is 1.64 bits per heavy atom. The van der Waals surface area contributed by atoms with E-state index < -0.39 is 12.0 Å². The molecule has 0 amide bonds. The second kappa shape index (κ2) is 5.32. The fraction of sp³-hybridized carbons (Fsp3) is 0.900. The van der Waals surface area contributed by atoms with E-state index in [9.17, 15) is 4.79 Å². The zero-order valence-corrected chi connectivity index (χ0v) is 8.82. The van der Waals surface area contributed by atoms with Crippen LogP contribution in [0.2, 0.25) is 0 Å². The van der Waals surface area contributed by atoms with Crippen molar-refractivity contribution in [2.45, 2.75) is 51.3 Å². The van der Waals surface area contributed by atoms with Crippen LogP contribution in [-0.2, 0) is 9.53 Å². The average Bonchev–Trinajstić information content (AvgIpc) is 2.94. The van der Waals surface area contributed by atoms with Crippen LogP contribution in [0.4, 0.5) is 0 Å². The molecule has 0 aliphatic heterocycles. The summed E-state index contributed by atoms with van der Waals surface area (Å²) in [5.74, 6) is -0.819. The maximum atomic E-state index is 10.8. The molecule has 0 bridgehead atoms. The van der Waals surface area contributed by atoms with Crippen molar-refractivity contribution in [1.82, 2.24) is 5.32 Å². The van der Waals surface area contributed by atoms with E-state index in [1.54, 1.807) is 0 Å². The summed E-state index contributed by atoms with van der Waals surface area (Å²) in [6.07, 6.45) is 3.23. The average molecular weight is 201 g/mol. The quantitative estimate of drug-likeness (QED) is 0.645. The molecule has 2 atom stereocenters. The van der Waals surface area contributed by atoms with E-state index >= 15 is 0 Å². The molecule has 1 aliphatic carbocycles. The molecule has 2 N–H and O–H groups in total. The first-order valence-electron chi connectivity index (χ1n) is 5.24. The van der Waals surface area contributed by atoms with E-state index in [4.69, 9.17) is 9.84 Å². The highest BCUT2D eigenvalue weighted by molar-refractivity contribution is 5.73. The molecular formula is C10H19NO3. The van der Waals surface area contributed by atoms with Gasteiger partial charge in [0.15, 0.2) is 0 Å². The predicted octanol–water partition coefficient (Wildman–Crippen LogP) is 1.01. The molecular weight excluding hydrogens is 182 g/mol. The minimum absolute atomic E-state index is 0.137. The predicted molar refractivity (Wildman–Crippen MR) is 53.3 cm³/mol. The van der Waals surface area contributed by atoms with Gasteiger partial charge in [-0.3, -0.25) is 10.1 Å². The second-order valence-corrected chi connectivity index (χ2v) is 3.88. The van der Waals surface area contributed by atoms with Crippen LogP contribution in [0.5, 0.6) is 0 Å². The zero-order chi connectivity index (χ0) is 10.6. The lowest BCUT2D eigenvalue weighted by Gasteiger charge is -2.17. The van der Waals surface area contributed by atoms with Crippen LogP contribution in [0.15, 0.2) is 0 Å². The fourth-order valence-corrected chi connectivity index (χ4v) is 1.10. The Hall–Kier alpha value is -0.610. The van der Waals surface area contributed by atoms with Crippen molar-refractivity contribution in [3.8, 4) is 0 Å². The lowest BCUT2D eigenvalue weighted by molar-refractivity contribution is -0.141. The standard InChI is InChI=1S/C10H19NO3/c1-3-7(2)14-6-9(10(12)13)11-8-4-5-8/h7-9,11H,3-6H2,1-2H3,(H,12,13). The minimum Gasteiger partial charge on any atom is -0.480 e. The number of carboxylic acid groups (broad SMARTS) is 1. The number of hydrogen-bond acceptors (Lipinski definition) is 3. The van der Waals surface area contributed by atoms with Crippen LogP contribution < -0.4 is 5.32 Å². The van der Waals surface area contributed by atoms with Crippen molar-refractivity contribution in [1.29, 1.82) is 0 Å². The summed E-state index contributed by atoms with van der Waals surface area (Å²) in [4.78, 5) is 10.8. The number of aliphatic carboxylic acids is 1. The van der Waals surface area contributed by atoms with Gasteiger partial charge in [-0.2, -0.15) is 0 Å². The summed E-state index contributed by atoms with van der Waals surface area (Å²) in [5.41, 5.74) is 0. The molecule has 0 aromatic carbocycles. The number of ether oxygens (including phenoxy) is 1. The lowest BCUT2D eigenvalue weighted by atomic mass is 10.3. The van der Waals surface area contributed by atoms with Gasteiger partial charge in [-0.25, -0.2) is 0 Å². The van der Waals surface area contributed by atoms with E-state index in [0.29, 0.717) is 6.04 Å². The maximum absolute atomic E-state index is 10.8. The first-order valence-corrected chi connectivity index (χ1v) is 5.24. The molecule has 0 radical (unpaired) electrons. The summed E-state index contributed by atoms with van der Waals surface area (Å²) >= 11 is 0. The summed E-state index contributed by atoms with van der Waals surface area (Å²) in [7, 11) is 0. The Morgan fingerprint density at radius 3 is 2.71 bits per heavy atom. The normalized spacial score (nSPS) is 20.4. The highest BCUT2D eigenvalue weighted by Crippen LogP contribution is 2.19. The largest absolute Gasteiger partial charge is 0.480 e. The SMILES string of the molecule is CCC(C)OCC(NC1CC1)C(=O)O. The number of carbonyl (C=O) groups is 1. The summed E-state index contributed by atoms with van der Waals surface area (Å²) < 4.78 is 5.40. The first-order chi connectivity index (χ1) is 6.63. The molecule has 1 saturated carbocycles. The van der Waals surface area contributed by atoms with Gasteiger partial charge in [0.2, 0.25) is 0 Å². The van der Waals surface area contributed by atoms with Gasteiger partial charge in [0.25, 0.3) is 0 Å². The molecule has 14 heavy (non-hydrogen) atoms. The molecule has 4 nitrogen and oxygen atoms in total. The van der Waals surface area contributed by atoms with Gasteiger partial charge >= 0.3 is 5.97 Å². The Kier molecular flexibility index (Phi) is 4.35. The van der Waals surface area contributed by atoms with Gasteiger partial charge in [0.1, 0.15) is 6.04 Å². The smallest absolute Gasteiger partial charge is 0.323 e. The molecule has 4 heteroatoms. The first kappa shape index (κ1) is 11.5. The lowest BCUT2D eigenvalue weighted by Crippen LogP contribution is -2.42. The molecule has 1 rings (SSSR count). The minimum atomic E-state index is -0.819. The van der Waals surface area contributed by atoms with Crippen molar-refractivity contribution >= 4 is 5.97 Å². The third kappa shape index (κ3) is 4.07. The van der Waals surface area contributed by atoms with E-state index in [0.717, 1.165) is 19.3 Å². The van der Waals surface area contributed by atoms with Crippen molar-refractivity contribution in [2.75, 3.05) is 6.61 Å². The monoisotopic (exact) mass is 201 g/mol. The Balaban J connectivity index is 2.23. The van der Waals surface area contributed by atoms with Crippen molar-refractivity contribution in [2.24, 2.45) is 0 Å². The molecule has 0 aromatic rings. The topological polar surface area (TPSA) is 58.6 Å². The molecule has 1 fully saturated rings. The molecule has 82 valence electrons. The van der Waals surface area contributed by atoms with Crippen LogP contribution >= 0.6 is 0 Å². The highest BCUT2D eigenvalue weighted by atomic mass is 16.5. The van der Waals surface area contributed by atoms with Crippen LogP contribution in [0.3, 0.4) is 0 Å². The van der Waals surface area contributed by atoms with E-state index in [1.165, 1.54) is 0 Å². The summed E-state index contributed by atoms with van der Waals surface area (Å²) in [6, 6.07) is -0.145. The Bertz CT molecular complexity index is 192. The van der Waals surface area contributed by atoms with Crippen LogP contribution in [-0.4, -0.2) is 35.9 Å². The molecule has 2 unspecified atom stereocenters. The van der Waals surface area contributed by atoms with Gasteiger partial charge in [-0.1, -0.05) is 6.92 Å². The number of nitrogens with one attached hydrogen (secondary N) is 1. The van der Waals surface area contributed by atoms with Crippen LogP contribution in [0, 0.1) is 0 Å². The van der Waals surface area contributed by atoms with Crippen molar-refractivity contribution in [3.05, 3.63) is 0 Å². The third-order valence-electron chi connectivity index (χ3n) is 2.43. The molecule has 0 aromatic heterocycles. The Labute approximate surface area is 84.6 Å². The Morgan fingerprint density at radius 2 is 2.29 bits per heavy atom. The zero-order valence-electron chi connectivity index (χ0n) is 8.82.